The highest BCUT2D eigenvalue weighted by atomic mass is 16.3. The van der Waals surface area contributed by atoms with E-state index in [1.54, 1.807) is 36.4 Å². The van der Waals surface area contributed by atoms with Crippen LogP contribution < -0.4 is 0 Å². The number of hydrogen-bond acceptors (Lipinski definition) is 2. The lowest BCUT2D eigenvalue weighted by molar-refractivity contribution is -0.124. The van der Waals surface area contributed by atoms with Crippen LogP contribution in [0.5, 0.6) is 5.75 Å². The van der Waals surface area contributed by atoms with Gasteiger partial charge in [-0.2, -0.15) is 0 Å². The van der Waals surface area contributed by atoms with Crippen molar-refractivity contribution in [3.8, 4) is 5.75 Å². The molecule has 1 heterocycles. The maximum absolute atomic E-state index is 11.7. The number of aromatic hydroxyl groups is 1. The van der Waals surface area contributed by atoms with Gasteiger partial charge in [0, 0.05) is 19.2 Å². The largest absolute Gasteiger partial charge is 0.508 e. The van der Waals surface area contributed by atoms with Crippen molar-refractivity contribution in [3.63, 3.8) is 0 Å². The minimum absolute atomic E-state index is 0.0746. The molecule has 1 amide bonds. The molecule has 0 atom stereocenters. The highest BCUT2D eigenvalue weighted by molar-refractivity contribution is 5.91. The smallest absolute Gasteiger partial charge is 0.246 e. The summed E-state index contributed by atoms with van der Waals surface area (Å²) in [4.78, 5) is 13.5. The Kier molecular flexibility index (Phi) is 3.25. The molecular formula is C13H15NO2. The van der Waals surface area contributed by atoms with Gasteiger partial charge in [0.15, 0.2) is 0 Å². The van der Waals surface area contributed by atoms with E-state index in [1.807, 2.05) is 4.90 Å². The Bertz CT molecular complexity index is 389. The Morgan fingerprint density at radius 3 is 2.44 bits per heavy atom. The third kappa shape index (κ3) is 2.63. The van der Waals surface area contributed by atoms with Gasteiger partial charge in [-0.25, -0.2) is 0 Å². The second kappa shape index (κ2) is 4.84. The van der Waals surface area contributed by atoms with Crippen molar-refractivity contribution >= 4 is 12.0 Å². The Morgan fingerprint density at radius 2 is 1.81 bits per heavy atom. The van der Waals surface area contributed by atoms with Crippen molar-refractivity contribution in [1.82, 2.24) is 4.90 Å². The van der Waals surface area contributed by atoms with Crippen LogP contribution in [0.1, 0.15) is 18.4 Å². The lowest BCUT2D eigenvalue weighted by Gasteiger charge is -2.11. The lowest BCUT2D eigenvalue weighted by Crippen LogP contribution is -2.25. The van der Waals surface area contributed by atoms with Gasteiger partial charge >= 0.3 is 0 Å². The van der Waals surface area contributed by atoms with E-state index in [0.29, 0.717) is 0 Å². The predicted octanol–water partition coefficient (Wildman–Crippen LogP) is 2.03. The van der Waals surface area contributed by atoms with Crippen LogP contribution in [0.4, 0.5) is 0 Å². The lowest BCUT2D eigenvalue weighted by atomic mass is 10.2. The Labute approximate surface area is 95.0 Å². The molecular weight excluding hydrogens is 202 g/mol. The maximum Gasteiger partial charge on any atom is 0.246 e. The van der Waals surface area contributed by atoms with E-state index in [1.165, 1.54) is 0 Å². The number of hydrogen-bond donors (Lipinski definition) is 1. The van der Waals surface area contributed by atoms with Crippen molar-refractivity contribution in [3.05, 3.63) is 35.9 Å². The third-order valence-corrected chi connectivity index (χ3v) is 2.73. The second-order valence-electron chi connectivity index (χ2n) is 3.96. The van der Waals surface area contributed by atoms with E-state index in [4.69, 9.17) is 5.11 Å². The van der Waals surface area contributed by atoms with Gasteiger partial charge in [-0.3, -0.25) is 4.79 Å². The van der Waals surface area contributed by atoms with E-state index < -0.39 is 0 Å². The molecule has 1 aliphatic rings. The molecule has 16 heavy (non-hydrogen) atoms. The molecule has 0 saturated carbocycles. The topological polar surface area (TPSA) is 40.5 Å². The minimum atomic E-state index is 0.0746. The number of nitrogens with zero attached hydrogens (tertiary/aromatic N) is 1. The molecule has 0 radical (unpaired) electrons. The fraction of sp³-hybridized carbons (Fsp3) is 0.308. The zero-order chi connectivity index (χ0) is 11.4. The van der Waals surface area contributed by atoms with Crippen LogP contribution in [0.2, 0.25) is 0 Å². The first-order valence-electron chi connectivity index (χ1n) is 5.52. The van der Waals surface area contributed by atoms with Gasteiger partial charge in [0.2, 0.25) is 5.91 Å². The van der Waals surface area contributed by atoms with Crippen molar-refractivity contribution in [2.45, 2.75) is 12.8 Å². The normalized spacial score (nSPS) is 15.9. The molecule has 1 aromatic rings. The molecule has 0 bridgehead atoms. The van der Waals surface area contributed by atoms with E-state index in [9.17, 15) is 4.79 Å². The number of phenolic OH excluding ortho intramolecular Hbond substituents is 1. The first-order valence-corrected chi connectivity index (χ1v) is 5.52. The van der Waals surface area contributed by atoms with Crippen LogP contribution in [0.15, 0.2) is 30.3 Å². The average molecular weight is 217 g/mol. The summed E-state index contributed by atoms with van der Waals surface area (Å²) in [6.45, 7) is 1.75. The van der Waals surface area contributed by atoms with E-state index >= 15 is 0 Å². The summed E-state index contributed by atoms with van der Waals surface area (Å²) in [6, 6.07) is 6.78. The van der Waals surface area contributed by atoms with Gasteiger partial charge in [0.1, 0.15) is 5.75 Å². The summed E-state index contributed by atoms with van der Waals surface area (Å²) in [5.41, 5.74) is 0.922. The zero-order valence-corrected chi connectivity index (χ0v) is 9.10. The van der Waals surface area contributed by atoms with Gasteiger partial charge in [0.05, 0.1) is 0 Å². The van der Waals surface area contributed by atoms with Crippen molar-refractivity contribution in [2.75, 3.05) is 13.1 Å². The van der Waals surface area contributed by atoms with Crippen LogP contribution >= 0.6 is 0 Å². The number of carbonyl (C=O) groups is 1. The minimum Gasteiger partial charge on any atom is -0.508 e. The van der Waals surface area contributed by atoms with E-state index in [0.717, 1.165) is 31.5 Å². The van der Waals surface area contributed by atoms with Gasteiger partial charge in [-0.1, -0.05) is 12.1 Å². The van der Waals surface area contributed by atoms with Gasteiger partial charge in [-0.05, 0) is 36.6 Å². The summed E-state index contributed by atoms with van der Waals surface area (Å²) in [5, 5.41) is 9.11. The van der Waals surface area contributed by atoms with Gasteiger partial charge in [0.25, 0.3) is 0 Å². The fourth-order valence-corrected chi connectivity index (χ4v) is 1.80. The van der Waals surface area contributed by atoms with E-state index in [2.05, 4.69) is 0 Å². The summed E-state index contributed by atoms with van der Waals surface area (Å²) in [7, 11) is 0. The van der Waals surface area contributed by atoms with Crippen molar-refractivity contribution in [2.24, 2.45) is 0 Å². The van der Waals surface area contributed by atoms with Crippen molar-refractivity contribution < 1.29 is 9.90 Å². The monoisotopic (exact) mass is 217 g/mol. The SMILES string of the molecule is O=C(C=Cc1ccc(O)cc1)N1CCCC1. The Hall–Kier alpha value is -1.77. The second-order valence-corrected chi connectivity index (χ2v) is 3.96. The Balaban J connectivity index is 1.97. The first kappa shape index (κ1) is 10.7. The number of phenols is 1. The van der Waals surface area contributed by atoms with Gasteiger partial charge in [-0.15, -0.1) is 0 Å². The number of carbonyl (C=O) groups excluding carboxylic acids is 1. The average Bonchev–Trinajstić information content (AvgIpc) is 2.81. The molecule has 1 aliphatic heterocycles. The maximum atomic E-state index is 11.7. The van der Waals surface area contributed by atoms with Crippen LogP contribution in [-0.2, 0) is 4.79 Å². The van der Waals surface area contributed by atoms with Crippen LogP contribution in [0.25, 0.3) is 6.08 Å². The molecule has 0 spiro atoms. The third-order valence-electron chi connectivity index (χ3n) is 2.73. The summed E-state index contributed by atoms with van der Waals surface area (Å²) >= 11 is 0. The Morgan fingerprint density at radius 1 is 1.19 bits per heavy atom. The molecule has 1 aromatic carbocycles. The molecule has 84 valence electrons. The first-order chi connectivity index (χ1) is 7.75. The predicted molar refractivity (Wildman–Crippen MR) is 63.0 cm³/mol. The highest BCUT2D eigenvalue weighted by Gasteiger charge is 2.14. The van der Waals surface area contributed by atoms with Crippen LogP contribution in [0.3, 0.4) is 0 Å². The zero-order valence-electron chi connectivity index (χ0n) is 9.10. The standard InChI is InChI=1S/C13H15NO2/c15-12-6-3-11(4-7-12)5-8-13(16)14-9-1-2-10-14/h3-8,15H,1-2,9-10H2. The highest BCUT2D eigenvalue weighted by Crippen LogP contribution is 2.12. The molecule has 0 unspecified atom stereocenters. The molecule has 1 saturated heterocycles. The van der Waals surface area contributed by atoms with E-state index in [-0.39, 0.29) is 11.7 Å². The molecule has 0 aromatic heterocycles. The molecule has 3 nitrogen and oxygen atoms in total. The molecule has 3 heteroatoms. The molecule has 0 aliphatic carbocycles. The van der Waals surface area contributed by atoms with Gasteiger partial charge < -0.3 is 10.0 Å². The van der Waals surface area contributed by atoms with Crippen molar-refractivity contribution in [1.29, 1.82) is 0 Å². The van der Waals surface area contributed by atoms with Crippen LogP contribution in [-0.4, -0.2) is 29.0 Å². The molecule has 1 N–H and O–H groups in total. The fourth-order valence-electron chi connectivity index (χ4n) is 1.80. The van der Waals surface area contributed by atoms with Crippen LogP contribution in [0, 0.1) is 0 Å². The summed E-state index contributed by atoms with van der Waals surface area (Å²) in [6.07, 6.45) is 5.59. The quantitative estimate of drug-likeness (QED) is 0.770. The molecule has 2 rings (SSSR count). The number of amides is 1. The number of rotatable bonds is 2. The summed E-state index contributed by atoms with van der Waals surface area (Å²) < 4.78 is 0. The number of likely N-dealkylation sites (tertiary alicyclic amines) is 1. The number of benzene rings is 1. The summed E-state index contributed by atoms with van der Waals surface area (Å²) in [5.74, 6) is 0.314. The molecule has 1 fully saturated rings.